The van der Waals surface area contributed by atoms with Crippen LogP contribution in [-0.2, 0) is 25.7 Å². The topological polar surface area (TPSA) is 0 Å². The predicted octanol–water partition coefficient (Wildman–Crippen LogP) is 6.31. The molecule has 0 bridgehead atoms. The zero-order valence-corrected chi connectivity index (χ0v) is 15.1. The molecule has 0 saturated carbocycles. The van der Waals surface area contributed by atoms with Crippen molar-refractivity contribution in [2.45, 2.75) is 58.3 Å². The van der Waals surface area contributed by atoms with Gasteiger partial charge in [-0.1, -0.05) is 37.3 Å². The quantitative estimate of drug-likeness (QED) is 0.560. The molecule has 0 nitrogen and oxygen atoms in total. The highest BCUT2D eigenvalue weighted by Crippen LogP contribution is 2.36. The van der Waals surface area contributed by atoms with Crippen molar-refractivity contribution in [2.24, 2.45) is 0 Å². The van der Waals surface area contributed by atoms with Gasteiger partial charge in [-0.05, 0) is 85.8 Å². The first-order valence-corrected chi connectivity index (χ1v) is 9.32. The summed E-state index contributed by atoms with van der Waals surface area (Å²) in [6, 6.07) is 9.60. The van der Waals surface area contributed by atoms with E-state index in [9.17, 15) is 8.78 Å². The summed E-state index contributed by atoms with van der Waals surface area (Å²) in [5, 5.41) is 0. The van der Waals surface area contributed by atoms with Crippen molar-refractivity contribution >= 4 is 0 Å². The Morgan fingerprint density at radius 3 is 2.48 bits per heavy atom. The van der Waals surface area contributed by atoms with E-state index < -0.39 is 0 Å². The summed E-state index contributed by atoms with van der Waals surface area (Å²) in [4.78, 5) is 0. The van der Waals surface area contributed by atoms with Crippen molar-refractivity contribution in [3.63, 3.8) is 0 Å². The molecule has 3 rings (SSSR count). The lowest BCUT2D eigenvalue weighted by atomic mass is 9.79. The minimum Gasteiger partial charge on any atom is -0.207 e. The van der Waals surface area contributed by atoms with E-state index in [2.05, 4.69) is 30.4 Å². The molecule has 0 radical (unpaired) electrons. The second-order valence-electron chi connectivity index (χ2n) is 6.98. The average Bonchev–Trinajstić information content (AvgIpc) is 2.61. The second kappa shape index (κ2) is 7.95. The van der Waals surface area contributed by atoms with Crippen LogP contribution in [0.2, 0.25) is 0 Å². The zero-order chi connectivity index (χ0) is 17.8. The summed E-state index contributed by atoms with van der Waals surface area (Å²) in [6.07, 6.45) is 9.44. The number of halogens is 2. The summed E-state index contributed by atoms with van der Waals surface area (Å²) >= 11 is 0. The third-order valence-corrected chi connectivity index (χ3v) is 5.29. The molecule has 0 aromatic heterocycles. The maximum Gasteiger partial charge on any atom is 0.129 e. The third kappa shape index (κ3) is 4.00. The number of allylic oxidation sites excluding steroid dienone is 2. The molecule has 2 aromatic carbocycles. The van der Waals surface area contributed by atoms with Crippen LogP contribution in [-0.4, -0.2) is 0 Å². The van der Waals surface area contributed by atoms with Crippen LogP contribution in [0.25, 0.3) is 0 Å². The first-order chi connectivity index (χ1) is 12.1. The Morgan fingerprint density at radius 2 is 1.80 bits per heavy atom. The molecule has 132 valence electrons. The number of aryl methyl sites for hydroxylation is 3. The Balaban J connectivity index is 1.80. The van der Waals surface area contributed by atoms with Crippen molar-refractivity contribution in [2.75, 3.05) is 0 Å². The first-order valence-electron chi connectivity index (χ1n) is 9.32. The monoisotopic (exact) mass is 340 g/mol. The van der Waals surface area contributed by atoms with E-state index in [1.54, 1.807) is 0 Å². The molecule has 0 aliphatic heterocycles. The fourth-order valence-corrected chi connectivity index (χ4v) is 3.86. The summed E-state index contributed by atoms with van der Waals surface area (Å²) in [5.74, 6) is -0.825. The molecule has 0 heterocycles. The van der Waals surface area contributed by atoms with Crippen LogP contribution in [0.15, 0.2) is 42.5 Å². The highest BCUT2D eigenvalue weighted by Gasteiger charge is 2.25. The van der Waals surface area contributed by atoms with Crippen LogP contribution in [0.3, 0.4) is 0 Å². The Labute approximate surface area is 149 Å². The SMILES string of the molecule is C/C=C/CCc1ccc2c(c1)CCC(c1c(F)cc(CC)cc1F)C2. The molecular weight excluding hydrogens is 314 g/mol. The largest absolute Gasteiger partial charge is 0.207 e. The van der Waals surface area contributed by atoms with Crippen LogP contribution in [0, 0.1) is 11.6 Å². The highest BCUT2D eigenvalue weighted by molar-refractivity contribution is 5.38. The standard InChI is InChI=1S/C23H26F2/c1-3-5-6-7-17-8-9-19-15-20(11-10-18(19)12-17)23-21(24)13-16(4-2)14-22(23)25/h3,5,8-9,12-14,20H,4,6-7,10-11,15H2,1-2H3/b5-3+. The van der Waals surface area contributed by atoms with Gasteiger partial charge in [0.2, 0.25) is 0 Å². The van der Waals surface area contributed by atoms with Crippen LogP contribution >= 0.6 is 0 Å². The van der Waals surface area contributed by atoms with Crippen molar-refractivity contribution in [3.8, 4) is 0 Å². The lowest BCUT2D eigenvalue weighted by Gasteiger charge is -2.26. The van der Waals surface area contributed by atoms with E-state index in [1.165, 1.54) is 28.8 Å². The van der Waals surface area contributed by atoms with E-state index in [1.807, 2.05) is 13.8 Å². The summed E-state index contributed by atoms with van der Waals surface area (Å²) in [7, 11) is 0. The molecule has 0 amide bonds. The third-order valence-electron chi connectivity index (χ3n) is 5.29. The Bertz CT molecular complexity index is 751. The maximum atomic E-state index is 14.4. The van der Waals surface area contributed by atoms with Gasteiger partial charge < -0.3 is 0 Å². The lowest BCUT2D eigenvalue weighted by Crippen LogP contribution is -2.16. The Hall–Kier alpha value is -1.96. The van der Waals surface area contributed by atoms with Gasteiger partial charge in [0, 0.05) is 5.56 Å². The first kappa shape index (κ1) is 17.8. The van der Waals surface area contributed by atoms with Gasteiger partial charge in [-0.3, -0.25) is 0 Å². The minimum atomic E-state index is -0.381. The fourth-order valence-electron chi connectivity index (χ4n) is 3.86. The zero-order valence-electron chi connectivity index (χ0n) is 15.1. The Kier molecular flexibility index (Phi) is 5.67. The number of hydrogen-bond donors (Lipinski definition) is 0. The molecule has 1 aliphatic rings. The highest BCUT2D eigenvalue weighted by atomic mass is 19.1. The van der Waals surface area contributed by atoms with E-state index >= 15 is 0 Å². The summed E-state index contributed by atoms with van der Waals surface area (Å²) < 4.78 is 28.9. The number of hydrogen-bond acceptors (Lipinski definition) is 0. The van der Waals surface area contributed by atoms with Gasteiger partial charge in [-0.25, -0.2) is 8.78 Å². The lowest BCUT2D eigenvalue weighted by molar-refractivity contribution is 0.490. The van der Waals surface area contributed by atoms with Crippen LogP contribution in [0.1, 0.15) is 60.4 Å². The molecular formula is C23H26F2. The summed E-state index contributed by atoms with van der Waals surface area (Å²) in [5.41, 5.74) is 4.94. The smallest absolute Gasteiger partial charge is 0.129 e. The number of fused-ring (bicyclic) bond motifs is 1. The number of benzene rings is 2. The molecule has 2 aromatic rings. The minimum absolute atomic E-state index is 0.0627. The van der Waals surface area contributed by atoms with Crippen molar-refractivity contribution in [1.29, 1.82) is 0 Å². The van der Waals surface area contributed by atoms with Gasteiger partial charge in [0.05, 0.1) is 0 Å². The van der Waals surface area contributed by atoms with Gasteiger partial charge in [0.25, 0.3) is 0 Å². The molecule has 1 aliphatic carbocycles. The van der Waals surface area contributed by atoms with Crippen LogP contribution in [0.4, 0.5) is 8.78 Å². The van der Waals surface area contributed by atoms with Crippen LogP contribution in [0.5, 0.6) is 0 Å². The maximum absolute atomic E-state index is 14.4. The van der Waals surface area contributed by atoms with E-state index in [-0.39, 0.29) is 23.1 Å². The molecule has 0 N–H and O–H groups in total. The molecule has 2 heteroatoms. The average molecular weight is 340 g/mol. The number of rotatable bonds is 5. The molecule has 0 fully saturated rings. The van der Waals surface area contributed by atoms with Gasteiger partial charge in [0.15, 0.2) is 0 Å². The van der Waals surface area contributed by atoms with Gasteiger partial charge >= 0.3 is 0 Å². The van der Waals surface area contributed by atoms with E-state index in [4.69, 9.17) is 0 Å². The molecule has 0 spiro atoms. The fraction of sp³-hybridized carbons (Fsp3) is 0.391. The van der Waals surface area contributed by atoms with Crippen molar-refractivity contribution in [3.05, 3.63) is 81.9 Å². The van der Waals surface area contributed by atoms with Crippen molar-refractivity contribution < 1.29 is 8.78 Å². The second-order valence-corrected chi connectivity index (χ2v) is 6.98. The van der Waals surface area contributed by atoms with Gasteiger partial charge in [-0.15, -0.1) is 0 Å². The predicted molar refractivity (Wildman–Crippen MR) is 100 cm³/mol. The van der Waals surface area contributed by atoms with Crippen molar-refractivity contribution in [1.82, 2.24) is 0 Å². The van der Waals surface area contributed by atoms with Gasteiger partial charge in [0.1, 0.15) is 11.6 Å². The van der Waals surface area contributed by atoms with Gasteiger partial charge in [-0.2, -0.15) is 0 Å². The molecule has 1 atom stereocenters. The van der Waals surface area contributed by atoms with Crippen LogP contribution < -0.4 is 0 Å². The Morgan fingerprint density at radius 1 is 1.04 bits per heavy atom. The van der Waals surface area contributed by atoms with E-state index in [0.717, 1.165) is 37.7 Å². The normalized spacial score (nSPS) is 17.0. The summed E-state index contributed by atoms with van der Waals surface area (Å²) in [6.45, 7) is 3.96. The molecule has 0 saturated heterocycles. The molecule has 1 unspecified atom stereocenters. The van der Waals surface area contributed by atoms with E-state index in [0.29, 0.717) is 6.42 Å². The molecule has 25 heavy (non-hydrogen) atoms.